The van der Waals surface area contributed by atoms with E-state index < -0.39 is 0 Å². The van der Waals surface area contributed by atoms with E-state index in [-0.39, 0.29) is 0 Å². The van der Waals surface area contributed by atoms with Gasteiger partial charge in [-0.15, -0.1) is 0 Å². The highest BCUT2D eigenvalue weighted by Gasteiger charge is 2.29. The largest absolute Gasteiger partial charge is 0.346 e. The van der Waals surface area contributed by atoms with Gasteiger partial charge in [0, 0.05) is 24.9 Å². The van der Waals surface area contributed by atoms with E-state index in [1.165, 1.54) is 18.4 Å². The van der Waals surface area contributed by atoms with Crippen molar-refractivity contribution in [3.05, 3.63) is 35.7 Å². The Morgan fingerprint density at radius 2 is 2.39 bits per heavy atom. The molecule has 0 amide bonds. The molecule has 0 aliphatic heterocycles. The van der Waals surface area contributed by atoms with Crippen LogP contribution in [0.1, 0.15) is 43.0 Å². The molecule has 96 valence electrons. The summed E-state index contributed by atoms with van der Waals surface area (Å²) in [6, 6.07) is 2.12. The smallest absolute Gasteiger partial charge is 0.229 e. The molecule has 1 aliphatic carbocycles. The predicted molar refractivity (Wildman–Crippen MR) is 67.2 cm³/mol. The second kappa shape index (κ2) is 4.94. The van der Waals surface area contributed by atoms with Crippen molar-refractivity contribution in [2.75, 3.05) is 6.54 Å². The van der Waals surface area contributed by atoms with Crippen molar-refractivity contribution in [3.63, 3.8) is 0 Å². The van der Waals surface area contributed by atoms with Gasteiger partial charge in [0.15, 0.2) is 5.82 Å². The summed E-state index contributed by atoms with van der Waals surface area (Å²) < 4.78 is 7.34. The van der Waals surface area contributed by atoms with Gasteiger partial charge >= 0.3 is 0 Å². The fraction of sp³-hybridized carbons (Fsp3) is 0.538. The molecule has 2 heterocycles. The molecule has 5 heteroatoms. The van der Waals surface area contributed by atoms with Gasteiger partial charge in [-0.25, -0.2) is 0 Å². The van der Waals surface area contributed by atoms with E-state index in [1.54, 1.807) is 0 Å². The molecule has 0 radical (unpaired) electrons. The molecule has 1 N–H and O–H groups in total. The molecule has 0 saturated heterocycles. The summed E-state index contributed by atoms with van der Waals surface area (Å²) in [5.41, 5.74) is 1.28. The molecule has 0 unspecified atom stereocenters. The molecular weight excluding hydrogens is 228 g/mol. The minimum absolute atomic E-state index is 0.528. The first-order chi connectivity index (χ1) is 8.85. The first kappa shape index (κ1) is 11.5. The van der Waals surface area contributed by atoms with Crippen molar-refractivity contribution in [2.24, 2.45) is 0 Å². The lowest BCUT2D eigenvalue weighted by molar-refractivity contribution is 0.373. The van der Waals surface area contributed by atoms with Crippen molar-refractivity contribution in [1.82, 2.24) is 20.0 Å². The Balaban J connectivity index is 1.62. The van der Waals surface area contributed by atoms with Crippen molar-refractivity contribution in [2.45, 2.75) is 38.8 Å². The average Bonchev–Trinajstić information content (AvgIpc) is 2.96. The van der Waals surface area contributed by atoms with E-state index in [4.69, 9.17) is 4.52 Å². The van der Waals surface area contributed by atoms with Crippen LogP contribution in [0.5, 0.6) is 0 Å². The predicted octanol–water partition coefficient (Wildman–Crippen LogP) is 1.91. The maximum absolute atomic E-state index is 5.25. The lowest BCUT2D eigenvalue weighted by Crippen LogP contribution is -2.11. The first-order valence-electron chi connectivity index (χ1n) is 6.53. The lowest BCUT2D eigenvalue weighted by atomic mass is 10.3. The number of aromatic nitrogens is 3. The standard InChI is InChI=1S/C13H18N4O/c1-2-14-7-10-5-6-17(8-10)9-12-15-13(18-16-12)11-3-4-11/h5-6,8,11,14H,2-4,7,9H2,1H3. The maximum Gasteiger partial charge on any atom is 0.229 e. The fourth-order valence-electron chi connectivity index (χ4n) is 1.95. The van der Waals surface area contributed by atoms with Crippen LogP contribution in [0.3, 0.4) is 0 Å². The van der Waals surface area contributed by atoms with Crippen LogP contribution in [0, 0.1) is 0 Å². The summed E-state index contributed by atoms with van der Waals surface area (Å²) >= 11 is 0. The Morgan fingerprint density at radius 3 is 3.17 bits per heavy atom. The van der Waals surface area contributed by atoms with Gasteiger partial charge in [0.05, 0.1) is 6.54 Å². The normalized spacial score (nSPS) is 15.2. The van der Waals surface area contributed by atoms with Crippen LogP contribution >= 0.6 is 0 Å². The fourth-order valence-corrected chi connectivity index (χ4v) is 1.95. The molecule has 0 spiro atoms. The molecule has 18 heavy (non-hydrogen) atoms. The Morgan fingerprint density at radius 1 is 1.50 bits per heavy atom. The van der Waals surface area contributed by atoms with Crippen LogP contribution in [0.4, 0.5) is 0 Å². The molecule has 0 bridgehead atoms. The van der Waals surface area contributed by atoms with Gasteiger partial charge in [-0.2, -0.15) is 4.98 Å². The zero-order chi connectivity index (χ0) is 12.4. The van der Waals surface area contributed by atoms with Crippen molar-refractivity contribution in [3.8, 4) is 0 Å². The van der Waals surface area contributed by atoms with E-state index in [1.807, 2.05) is 0 Å². The summed E-state index contributed by atoms with van der Waals surface area (Å²) in [5, 5.41) is 7.33. The van der Waals surface area contributed by atoms with E-state index in [0.29, 0.717) is 12.5 Å². The Hall–Kier alpha value is -1.62. The molecule has 2 aromatic rings. The monoisotopic (exact) mass is 246 g/mol. The molecule has 1 fully saturated rings. The third-order valence-corrected chi connectivity index (χ3v) is 3.13. The van der Waals surface area contributed by atoms with E-state index in [9.17, 15) is 0 Å². The Bertz CT molecular complexity index is 513. The minimum Gasteiger partial charge on any atom is -0.346 e. The highest BCUT2D eigenvalue weighted by atomic mass is 16.5. The van der Waals surface area contributed by atoms with Gasteiger partial charge in [0.25, 0.3) is 0 Å². The van der Waals surface area contributed by atoms with Gasteiger partial charge in [-0.05, 0) is 31.0 Å². The van der Waals surface area contributed by atoms with Crippen LogP contribution in [0.15, 0.2) is 23.0 Å². The average molecular weight is 246 g/mol. The summed E-state index contributed by atoms with van der Waals surface area (Å²) in [6.45, 7) is 4.68. The zero-order valence-corrected chi connectivity index (χ0v) is 10.6. The second-order valence-corrected chi connectivity index (χ2v) is 4.80. The molecule has 2 aromatic heterocycles. The van der Waals surface area contributed by atoms with Crippen LogP contribution < -0.4 is 5.32 Å². The summed E-state index contributed by atoms with van der Waals surface area (Å²) in [7, 11) is 0. The van der Waals surface area contributed by atoms with E-state index >= 15 is 0 Å². The van der Waals surface area contributed by atoms with Crippen LogP contribution in [0.25, 0.3) is 0 Å². The number of hydrogen-bond acceptors (Lipinski definition) is 4. The topological polar surface area (TPSA) is 55.9 Å². The van der Waals surface area contributed by atoms with Crippen molar-refractivity contribution in [1.29, 1.82) is 0 Å². The Labute approximate surface area is 106 Å². The molecule has 3 rings (SSSR count). The third kappa shape index (κ3) is 2.61. The van der Waals surface area contributed by atoms with Crippen LogP contribution in [-0.2, 0) is 13.1 Å². The number of nitrogens with zero attached hydrogens (tertiary/aromatic N) is 3. The summed E-state index contributed by atoms with van der Waals surface area (Å²) in [6.07, 6.45) is 6.56. The molecule has 0 aromatic carbocycles. The van der Waals surface area contributed by atoms with E-state index in [0.717, 1.165) is 24.8 Å². The number of nitrogens with one attached hydrogen (secondary N) is 1. The summed E-state index contributed by atoms with van der Waals surface area (Å²) in [4.78, 5) is 4.42. The summed E-state index contributed by atoms with van der Waals surface area (Å²) in [5.74, 6) is 2.10. The first-order valence-corrected chi connectivity index (χ1v) is 6.53. The lowest BCUT2D eigenvalue weighted by Gasteiger charge is -1.98. The third-order valence-electron chi connectivity index (χ3n) is 3.13. The highest BCUT2D eigenvalue weighted by molar-refractivity contribution is 5.11. The highest BCUT2D eigenvalue weighted by Crippen LogP contribution is 2.38. The van der Waals surface area contributed by atoms with Gasteiger partial charge in [-0.1, -0.05) is 12.1 Å². The quantitative estimate of drug-likeness (QED) is 0.846. The molecule has 1 saturated carbocycles. The van der Waals surface area contributed by atoms with Crippen LogP contribution in [0.2, 0.25) is 0 Å². The van der Waals surface area contributed by atoms with Gasteiger partial charge in [0.2, 0.25) is 5.89 Å². The van der Waals surface area contributed by atoms with Crippen molar-refractivity contribution >= 4 is 0 Å². The number of hydrogen-bond donors (Lipinski definition) is 1. The van der Waals surface area contributed by atoms with Crippen molar-refractivity contribution < 1.29 is 4.52 Å². The number of rotatable bonds is 6. The van der Waals surface area contributed by atoms with E-state index in [2.05, 4.69) is 45.4 Å². The second-order valence-electron chi connectivity index (χ2n) is 4.80. The van der Waals surface area contributed by atoms with Gasteiger partial charge in [0.1, 0.15) is 0 Å². The minimum atomic E-state index is 0.528. The molecular formula is C13H18N4O. The molecule has 5 nitrogen and oxygen atoms in total. The SMILES string of the molecule is CCNCc1ccn(Cc2noc(C3CC3)n2)c1. The maximum atomic E-state index is 5.25. The van der Waals surface area contributed by atoms with Gasteiger partial charge in [-0.3, -0.25) is 0 Å². The van der Waals surface area contributed by atoms with Gasteiger partial charge < -0.3 is 14.4 Å². The van der Waals surface area contributed by atoms with Crippen LogP contribution in [-0.4, -0.2) is 21.3 Å². The molecule has 0 atom stereocenters. The molecule has 1 aliphatic rings. The zero-order valence-electron chi connectivity index (χ0n) is 10.6. The Kier molecular flexibility index (Phi) is 3.15.